The maximum atomic E-state index is 14.9. The number of nitrogens with two attached hydrogens (primary N) is 1. The molecule has 28 heavy (non-hydrogen) atoms. The Morgan fingerprint density at radius 1 is 1.29 bits per heavy atom. The first-order valence-electron chi connectivity index (χ1n) is 7.94. The van der Waals surface area contributed by atoms with E-state index in [-0.39, 0.29) is 23.2 Å². The van der Waals surface area contributed by atoms with Crippen molar-refractivity contribution in [2.75, 3.05) is 19.5 Å². The summed E-state index contributed by atoms with van der Waals surface area (Å²) in [5.74, 6) is -1.78. The Labute approximate surface area is 170 Å². The molecule has 1 rings (SSSR count). The standard InChI is InChI=1S/C15H21BrF2NO7PS/c1-4-25-27(22,26-5-2)15(17,18)11-7-6-10(8-12(11)16)9-14(19,13(20)21)28(3,23)24/h6-8H,4-5,9,19H2,1-3H3,(H,20,21). The predicted molar refractivity (Wildman–Crippen MR) is 102 cm³/mol. The smallest absolute Gasteiger partial charge is 0.404 e. The number of sulfone groups is 1. The molecule has 1 atom stereocenters. The Hall–Kier alpha value is -0.910. The first-order chi connectivity index (χ1) is 12.7. The third-order valence-electron chi connectivity index (χ3n) is 3.79. The molecule has 0 fully saturated rings. The van der Waals surface area contributed by atoms with E-state index in [4.69, 9.17) is 14.8 Å². The molecule has 3 N–H and O–H groups in total. The number of carbonyl (C=O) groups is 1. The largest absolute Gasteiger partial charge is 0.479 e. The summed E-state index contributed by atoms with van der Waals surface area (Å²) in [6.45, 7) is 2.23. The van der Waals surface area contributed by atoms with Gasteiger partial charge in [-0.2, -0.15) is 8.78 Å². The van der Waals surface area contributed by atoms with E-state index in [9.17, 15) is 31.7 Å². The maximum Gasteiger partial charge on any atom is 0.404 e. The zero-order valence-electron chi connectivity index (χ0n) is 15.3. The van der Waals surface area contributed by atoms with Crippen LogP contribution in [0.5, 0.6) is 0 Å². The molecular formula is C15H21BrF2NO7PS. The molecule has 0 aliphatic rings. The molecule has 8 nitrogen and oxygen atoms in total. The van der Waals surface area contributed by atoms with Gasteiger partial charge in [-0.05, 0) is 25.5 Å². The van der Waals surface area contributed by atoms with Crippen molar-refractivity contribution in [3.63, 3.8) is 0 Å². The minimum Gasteiger partial charge on any atom is -0.479 e. The average Bonchev–Trinajstić information content (AvgIpc) is 2.53. The number of hydrogen-bond donors (Lipinski definition) is 2. The quantitative estimate of drug-likeness (QED) is 0.461. The monoisotopic (exact) mass is 507 g/mol. The van der Waals surface area contributed by atoms with E-state index in [1.165, 1.54) is 13.8 Å². The predicted octanol–water partition coefficient (Wildman–Crippen LogP) is 3.09. The second-order valence-corrected chi connectivity index (χ2v) is 11.0. The highest BCUT2D eigenvalue weighted by atomic mass is 79.9. The second kappa shape index (κ2) is 8.85. The normalized spacial score (nSPS) is 15.2. The summed E-state index contributed by atoms with van der Waals surface area (Å²) < 4.78 is 75.0. The zero-order chi connectivity index (χ0) is 22.0. The highest BCUT2D eigenvalue weighted by Gasteiger charge is 2.55. The van der Waals surface area contributed by atoms with Crippen LogP contribution in [0.2, 0.25) is 0 Å². The molecule has 0 aromatic heterocycles. The van der Waals surface area contributed by atoms with Gasteiger partial charge in [-0.15, -0.1) is 0 Å². The fraction of sp³-hybridized carbons (Fsp3) is 0.533. The molecule has 13 heteroatoms. The molecule has 0 heterocycles. The molecule has 0 saturated carbocycles. The molecule has 160 valence electrons. The Morgan fingerprint density at radius 3 is 2.14 bits per heavy atom. The second-order valence-electron chi connectivity index (χ2n) is 5.83. The summed E-state index contributed by atoms with van der Waals surface area (Å²) in [6.07, 6.45) is -0.000672. The Kier molecular flexibility index (Phi) is 7.94. The van der Waals surface area contributed by atoms with Crippen LogP contribution in [-0.2, 0) is 40.3 Å². The number of alkyl halides is 2. The van der Waals surface area contributed by atoms with E-state index < -0.39 is 45.9 Å². The first-order valence-corrected chi connectivity index (χ1v) is 12.2. The average molecular weight is 508 g/mol. The van der Waals surface area contributed by atoms with Crippen molar-refractivity contribution in [1.29, 1.82) is 0 Å². The van der Waals surface area contributed by atoms with Crippen molar-refractivity contribution in [3.05, 3.63) is 33.8 Å². The van der Waals surface area contributed by atoms with Gasteiger partial charge in [0, 0.05) is 22.7 Å². The van der Waals surface area contributed by atoms with E-state index in [1.807, 2.05) is 0 Å². The molecule has 0 radical (unpaired) electrons. The molecule has 0 amide bonds. The lowest BCUT2D eigenvalue weighted by Crippen LogP contribution is -2.56. The van der Waals surface area contributed by atoms with Crippen molar-refractivity contribution in [1.82, 2.24) is 0 Å². The van der Waals surface area contributed by atoms with Crippen LogP contribution < -0.4 is 5.73 Å². The van der Waals surface area contributed by atoms with Gasteiger partial charge in [-0.1, -0.05) is 28.1 Å². The van der Waals surface area contributed by atoms with E-state index in [0.29, 0.717) is 6.26 Å². The fourth-order valence-electron chi connectivity index (χ4n) is 2.27. The van der Waals surface area contributed by atoms with Gasteiger partial charge in [0.05, 0.1) is 13.2 Å². The van der Waals surface area contributed by atoms with E-state index in [2.05, 4.69) is 15.9 Å². The van der Waals surface area contributed by atoms with Crippen LogP contribution in [0.3, 0.4) is 0 Å². The molecule has 0 bridgehead atoms. The summed E-state index contributed by atoms with van der Waals surface area (Å²) in [4.78, 5) is 8.72. The van der Waals surface area contributed by atoms with Gasteiger partial charge in [0.15, 0.2) is 9.84 Å². The van der Waals surface area contributed by atoms with Crippen molar-refractivity contribution in [3.8, 4) is 0 Å². The lowest BCUT2D eigenvalue weighted by Gasteiger charge is -2.27. The minimum atomic E-state index is -4.85. The van der Waals surface area contributed by atoms with Crippen LogP contribution in [0.4, 0.5) is 8.78 Å². The molecular weight excluding hydrogens is 487 g/mol. The van der Waals surface area contributed by atoms with Crippen molar-refractivity contribution >= 4 is 39.3 Å². The minimum absolute atomic E-state index is 0.0596. The highest BCUT2D eigenvalue weighted by molar-refractivity contribution is 9.10. The van der Waals surface area contributed by atoms with Gasteiger partial charge in [0.25, 0.3) is 0 Å². The first kappa shape index (κ1) is 25.1. The number of carboxylic acid groups (broad SMARTS) is 1. The molecule has 1 unspecified atom stereocenters. The van der Waals surface area contributed by atoms with Crippen LogP contribution in [0.25, 0.3) is 0 Å². The van der Waals surface area contributed by atoms with Crippen LogP contribution >= 0.6 is 23.5 Å². The van der Waals surface area contributed by atoms with Gasteiger partial charge in [-0.25, -0.2) is 13.2 Å². The number of hydrogen-bond acceptors (Lipinski definition) is 7. The summed E-state index contributed by atoms with van der Waals surface area (Å²) >= 11 is 2.92. The van der Waals surface area contributed by atoms with Gasteiger partial charge in [0.1, 0.15) is 0 Å². The summed E-state index contributed by atoms with van der Waals surface area (Å²) in [7, 11) is -9.07. The number of aliphatic carboxylic acids is 1. The summed E-state index contributed by atoms with van der Waals surface area (Å²) in [5, 5.41) is 9.20. The van der Waals surface area contributed by atoms with Crippen LogP contribution in [-0.4, -0.2) is 43.8 Å². The van der Waals surface area contributed by atoms with Crippen LogP contribution in [0, 0.1) is 0 Å². The van der Waals surface area contributed by atoms with Crippen molar-refractivity contribution in [2.24, 2.45) is 5.73 Å². The molecule has 0 spiro atoms. The maximum absolute atomic E-state index is 14.9. The highest BCUT2D eigenvalue weighted by Crippen LogP contribution is 2.67. The Balaban J connectivity index is 3.40. The number of halogens is 3. The van der Waals surface area contributed by atoms with Gasteiger partial charge >= 0.3 is 19.2 Å². The molecule has 1 aromatic rings. The Bertz CT molecular complexity index is 886. The number of carboxylic acids is 1. The van der Waals surface area contributed by atoms with Gasteiger partial charge in [0.2, 0.25) is 4.87 Å². The van der Waals surface area contributed by atoms with E-state index in [0.717, 1.165) is 18.2 Å². The fourth-order valence-corrected chi connectivity index (χ4v) is 5.41. The topological polar surface area (TPSA) is 133 Å². The van der Waals surface area contributed by atoms with Gasteiger partial charge < -0.3 is 19.9 Å². The number of benzene rings is 1. The molecule has 0 aliphatic heterocycles. The Morgan fingerprint density at radius 2 is 1.79 bits per heavy atom. The zero-order valence-corrected chi connectivity index (χ0v) is 18.6. The SMILES string of the molecule is CCOP(=O)(OCC)C(F)(F)c1ccc(CC(N)(C(=O)O)S(C)(=O)=O)cc1Br. The van der Waals surface area contributed by atoms with Crippen molar-refractivity contribution in [2.45, 2.75) is 30.8 Å². The lowest BCUT2D eigenvalue weighted by atomic mass is 10.0. The lowest BCUT2D eigenvalue weighted by molar-refractivity contribution is -0.140. The van der Waals surface area contributed by atoms with Gasteiger partial charge in [-0.3, -0.25) is 4.57 Å². The van der Waals surface area contributed by atoms with Crippen LogP contribution in [0.15, 0.2) is 22.7 Å². The van der Waals surface area contributed by atoms with E-state index >= 15 is 0 Å². The third-order valence-corrected chi connectivity index (χ3v) is 8.21. The van der Waals surface area contributed by atoms with Crippen molar-refractivity contribution < 1.29 is 40.7 Å². The molecule has 0 saturated heterocycles. The molecule has 0 aliphatic carbocycles. The van der Waals surface area contributed by atoms with Crippen LogP contribution in [0.1, 0.15) is 25.0 Å². The third kappa shape index (κ3) is 4.80. The summed E-state index contributed by atoms with van der Waals surface area (Å²) in [5.41, 5.74) is 0.859. The van der Waals surface area contributed by atoms with E-state index in [1.54, 1.807) is 0 Å². The summed E-state index contributed by atoms with van der Waals surface area (Å²) in [6, 6.07) is 3.04. The number of rotatable bonds is 10. The molecule has 1 aromatic carbocycles.